The molecule has 0 saturated heterocycles. The Kier molecular flexibility index (Phi) is 3.45. The molecule has 0 aliphatic carbocycles. The summed E-state index contributed by atoms with van der Waals surface area (Å²) in [4.78, 5) is 16.0. The lowest BCUT2D eigenvalue weighted by Crippen LogP contribution is -2.14. The predicted octanol–water partition coefficient (Wildman–Crippen LogP) is 3.02. The van der Waals surface area contributed by atoms with Gasteiger partial charge in [0.15, 0.2) is 15.5 Å². The molecule has 2 heterocycles. The van der Waals surface area contributed by atoms with E-state index in [1.54, 1.807) is 18.2 Å². The van der Waals surface area contributed by atoms with Gasteiger partial charge in [-0.1, -0.05) is 0 Å². The molecule has 1 aliphatic heterocycles. The number of fused-ring (bicyclic) bond motifs is 1. The van der Waals surface area contributed by atoms with Crippen LogP contribution in [0.1, 0.15) is 10.6 Å². The minimum Gasteiger partial charge on any atom is -0.454 e. The highest BCUT2D eigenvalue weighted by Gasteiger charge is 2.15. The van der Waals surface area contributed by atoms with Crippen LogP contribution in [0.5, 0.6) is 11.5 Å². The Labute approximate surface area is 124 Å². The molecule has 7 heteroatoms. The normalized spacial score (nSPS) is 12.4. The van der Waals surface area contributed by atoms with Gasteiger partial charge in [0.25, 0.3) is 0 Å². The first-order chi connectivity index (χ1) is 9.61. The van der Waals surface area contributed by atoms with Crippen molar-refractivity contribution in [2.24, 2.45) is 0 Å². The molecule has 104 valence electrons. The Bertz CT molecular complexity index is 721. The summed E-state index contributed by atoms with van der Waals surface area (Å²) in [5.41, 5.74) is 1.64. The number of amides is 1. The smallest absolute Gasteiger partial charge is 0.231 e. The number of hydrogen-bond acceptors (Lipinski definition) is 5. The molecule has 1 aromatic carbocycles. The number of aromatic amines is 1. The van der Waals surface area contributed by atoms with Gasteiger partial charge in [-0.05, 0) is 31.3 Å². The Balaban J connectivity index is 1.70. The molecule has 5 nitrogen and oxygen atoms in total. The highest BCUT2D eigenvalue weighted by atomic mass is 32.1. The highest BCUT2D eigenvalue weighted by molar-refractivity contribution is 7.73. The van der Waals surface area contributed by atoms with E-state index >= 15 is 0 Å². The number of anilines is 1. The van der Waals surface area contributed by atoms with E-state index in [2.05, 4.69) is 10.3 Å². The monoisotopic (exact) mass is 308 g/mol. The van der Waals surface area contributed by atoms with E-state index in [9.17, 15) is 4.79 Å². The molecule has 3 rings (SSSR count). The molecule has 1 aliphatic rings. The minimum absolute atomic E-state index is 0.0859. The van der Waals surface area contributed by atoms with Crippen molar-refractivity contribution in [1.82, 2.24) is 4.98 Å². The Morgan fingerprint density at radius 1 is 1.45 bits per heavy atom. The van der Waals surface area contributed by atoms with Crippen molar-refractivity contribution < 1.29 is 14.3 Å². The number of nitrogens with one attached hydrogen (secondary N) is 2. The van der Waals surface area contributed by atoms with Crippen LogP contribution >= 0.6 is 23.6 Å². The molecule has 0 atom stereocenters. The average Bonchev–Trinajstić information content (AvgIpc) is 2.96. The van der Waals surface area contributed by atoms with Crippen LogP contribution in [-0.2, 0) is 11.2 Å². The van der Waals surface area contributed by atoms with Gasteiger partial charge in [0, 0.05) is 22.3 Å². The third-order valence-electron chi connectivity index (χ3n) is 2.90. The van der Waals surface area contributed by atoms with Crippen LogP contribution in [-0.4, -0.2) is 17.7 Å². The van der Waals surface area contributed by atoms with Crippen LogP contribution in [0.4, 0.5) is 5.69 Å². The molecule has 0 radical (unpaired) electrons. The summed E-state index contributed by atoms with van der Waals surface area (Å²) in [6.07, 6.45) is 0.304. The molecule has 0 bridgehead atoms. The highest BCUT2D eigenvalue weighted by Crippen LogP contribution is 2.34. The maximum absolute atomic E-state index is 12.0. The number of hydrogen-bond donors (Lipinski definition) is 2. The lowest BCUT2D eigenvalue weighted by Gasteiger charge is -2.05. The third kappa shape index (κ3) is 2.68. The molecule has 2 aromatic rings. The van der Waals surface area contributed by atoms with E-state index in [1.165, 1.54) is 11.3 Å². The van der Waals surface area contributed by atoms with Gasteiger partial charge in [0.2, 0.25) is 12.7 Å². The summed E-state index contributed by atoms with van der Waals surface area (Å²) in [6, 6.07) is 5.33. The molecular formula is C13H12N2O3S2. The van der Waals surface area contributed by atoms with E-state index < -0.39 is 0 Å². The number of carbonyl (C=O) groups excluding carboxylic acids is 1. The van der Waals surface area contributed by atoms with E-state index in [1.807, 2.05) is 6.92 Å². The largest absolute Gasteiger partial charge is 0.454 e. The molecular weight excluding hydrogens is 296 g/mol. The first kappa shape index (κ1) is 13.1. The second-order valence-corrected chi connectivity index (χ2v) is 6.13. The van der Waals surface area contributed by atoms with Gasteiger partial charge in [0.05, 0.1) is 6.42 Å². The van der Waals surface area contributed by atoms with E-state index in [4.69, 9.17) is 21.7 Å². The van der Waals surface area contributed by atoms with Crippen molar-refractivity contribution in [2.45, 2.75) is 13.3 Å². The summed E-state index contributed by atoms with van der Waals surface area (Å²) < 4.78 is 11.2. The summed E-state index contributed by atoms with van der Waals surface area (Å²) in [6.45, 7) is 2.13. The van der Waals surface area contributed by atoms with Crippen molar-refractivity contribution in [3.63, 3.8) is 0 Å². The lowest BCUT2D eigenvalue weighted by atomic mass is 10.2. The van der Waals surface area contributed by atoms with Crippen LogP contribution in [0.15, 0.2) is 18.2 Å². The Hall–Kier alpha value is -1.86. The van der Waals surface area contributed by atoms with Gasteiger partial charge in [-0.15, -0.1) is 11.3 Å². The molecule has 20 heavy (non-hydrogen) atoms. The van der Waals surface area contributed by atoms with Crippen molar-refractivity contribution in [3.05, 3.63) is 32.7 Å². The standard InChI is InChI=1S/C13H12N2O3S2/c1-7-11(20-13(19)14-7)5-12(16)15-8-2-3-9-10(4-8)18-6-17-9/h2-4H,5-6H2,1H3,(H,14,19)(H,15,16). The molecule has 1 amide bonds. The van der Waals surface area contributed by atoms with Gasteiger partial charge in [-0.25, -0.2) is 0 Å². The SMILES string of the molecule is Cc1[nH]c(=S)sc1CC(=O)Nc1ccc2c(c1)OCO2. The first-order valence-electron chi connectivity index (χ1n) is 6.00. The zero-order chi connectivity index (χ0) is 14.1. The topological polar surface area (TPSA) is 63.4 Å². The average molecular weight is 308 g/mol. The van der Waals surface area contributed by atoms with Crippen molar-refractivity contribution in [2.75, 3.05) is 12.1 Å². The number of aromatic nitrogens is 1. The number of H-pyrrole nitrogens is 1. The van der Waals surface area contributed by atoms with Gasteiger partial charge < -0.3 is 19.8 Å². The van der Waals surface area contributed by atoms with Gasteiger partial charge in [0.1, 0.15) is 0 Å². The number of ether oxygens (including phenoxy) is 2. The molecule has 0 spiro atoms. The lowest BCUT2D eigenvalue weighted by molar-refractivity contribution is -0.115. The predicted molar refractivity (Wildman–Crippen MR) is 79.1 cm³/mol. The zero-order valence-electron chi connectivity index (χ0n) is 10.7. The zero-order valence-corrected chi connectivity index (χ0v) is 12.3. The molecule has 0 fully saturated rings. The van der Waals surface area contributed by atoms with Crippen molar-refractivity contribution in [1.29, 1.82) is 0 Å². The van der Waals surface area contributed by atoms with Gasteiger partial charge in [-0.2, -0.15) is 0 Å². The summed E-state index contributed by atoms with van der Waals surface area (Å²) in [5.74, 6) is 1.26. The fourth-order valence-electron chi connectivity index (χ4n) is 1.93. The second-order valence-electron chi connectivity index (χ2n) is 4.36. The molecule has 0 unspecified atom stereocenters. The van der Waals surface area contributed by atoms with E-state index in [-0.39, 0.29) is 12.7 Å². The van der Waals surface area contributed by atoms with Crippen molar-refractivity contribution >= 4 is 35.1 Å². The minimum atomic E-state index is -0.0859. The Morgan fingerprint density at radius 3 is 3.00 bits per heavy atom. The van der Waals surface area contributed by atoms with Crippen molar-refractivity contribution in [3.8, 4) is 11.5 Å². The number of carbonyl (C=O) groups is 1. The molecule has 2 N–H and O–H groups in total. The van der Waals surface area contributed by atoms with Crippen LogP contribution in [0.2, 0.25) is 0 Å². The van der Waals surface area contributed by atoms with Crippen LogP contribution in [0, 0.1) is 10.9 Å². The maximum atomic E-state index is 12.0. The summed E-state index contributed by atoms with van der Waals surface area (Å²) in [7, 11) is 0. The van der Waals surface area contributed by atoms with Crippen LogP contribution < -0.4 is 14.8 Å². The summed E-state index contributed by atoms with van der Waals surface area (Å²) >= 11 is 6.48. The second kappa shape index (κ2) is 5.26. The van der Waals surface area contributed by atoms with Gasteiger partial charge >= 0.3 is 0 Å². The fraction of sp³-hybridized carbons (Fsp3) is 0.231. The van der Waals surface area contributed by atoms with E-state index in [0.29, 0.717) is 27.6 Å². The number of rotatable bonds is 3. The fourth-order valence-corrected chi connectivity index (χ4v) is 3.22. The quantitative estimate of drug-likeness (QED) is 0.856. The van der Waals surface area contributed by atoms with Crippen LogP contribution in [0.3, 0.4) is 0 Å². The van der Waals surface area contributed by atoms with Crippen LogP contribution in [0.25, 0.3) is 0 Å². The number of thiazole rings is 1. The number of benzene rings is 1. The maximum Gasteiger partial charge on any atom is 0.231 e. The van der Waals surface area contributed by atoms with Gasteiger partial charge in [-0.3, -0.25) is 4.79 Å². The third-order valence-corrected chi connectivity index (χ3v) is 4.24. The molecule has 1 aromatic heterocycles. The first-order valence-corrected chi connectivity index (χ1v) is 7.22. The number of aryl methyl sites for hydroxylation is 1. The van der Waals surface area contributed by atoms with E-state index in [0.717, 1.165) is 10.6 Å². The molecule has 0 saturated carbocycles. The Morgan fingerprint density at radius 2 is 2.25 bits per heavy atom. The summed E-state index contributed by atoms with van der Waals surface area (Å²) in [5, 5.41) is 2.84.